The second kappa shape index (κ2) is 3.49. The minimum absolute atomic E-state index is 0.438. The van der Waals surface area contributed by atoms with Crippen molar-refractivity contribution in [2.75, 3.05) is 19.7 Å². The molecule has 0 aromatic carbocycles. The van der Waals surface area contributed by atoms with Crippen molar-refractivity contribution in [1.29, 1.82) is 0 Å². The second-order valence-electron chi connectivity index (χ2n) is 5.42. The van der Waals surface area contributed by atoms with E-state index in [1.807, 2.05) is 0 Å². The first-order chi connectivity index (χ1) is 6.90. The molecule has 1 aliphatic heterocycles. The number of piperidine rings is 1. The van der Waals surface area contributed by atoms with Gasteiger partial charge in [-0.1, -0.05) is 19.3 Å². The van der Waals surface area contributed by atoms with Crippen LogP contribution in [0, 0.1) is 17.8 Å². The molecule has 2 nitrogen and oxygen atoms in total. The van der Waals surface area contributed by atoms with E-state index in [2.05, 4.69) is 4.90 Å². The third kappa shape index (κ3) is 1.40. The smallest absolute Gasteiger partial charge is 0.0465 e. The fraction of sp³-hybridized carbons (Fsp3) is 1.00. The van der Waals surface area contributed by atoms with Crippen LogP contribution in [0.25, 0.3) is 0 Å². The van der Waals surface area contributed by atoms with Crippen LogP contribution in [0.5, 0.6) is 0 Å². The minimum atomic E-state index is 0.438. The molecule has 2 aliphatic carbocycles. The van der Waals surface area contributed by atoms with Crippen LogP contribution in [-0.2, 0) is 0 Å². The van der Waals surface area contributed by atoms with E-state index in [1.54, 1.807) is 0 Å². The summed E-state index contributed by atoms with van der Waals surface area (Å²) in [5, 5.41) is 9.09. The van der Waals surface area contributed by atoms with Crippen LogP contribution in [0.3, 0.4) is 0 Å². The lowest BCUT2D eigenvalue weighted by Crippen LogP contribution is -2.37. The molecule has 80 valence electrons. The molecule has 1 saturated heterocycles. The Morgan fingerprint density at radius 1 is 1.00 bits per heavy atom. The van der Waals surface area contributed by atoms with Gasteiger partial charge in [-0.15, -0.1) is 0 Å². The highest BCUT2D eigenvalue weighted by Gasteiger charge is 2.55. The SMILES string of the molecule is OCC1C2CN(C3CCCCC3)CC12. The summed E-state index contributed by atoms with van der Waals surface area (Å²) in [5.41, 5.74) is 0. The van der Waals surface area contributed by atoms with Crippen LogP contribution in [-0.4, -0.2) is 35.7 Å². The molecule has 3 fully saturated rings. The average molecular weight is 195 g/mol. The lowest BCUT2D eigenvalue weighted by molar-refractivity contribution is 0.152. The number of rotatable bonds is 2. The maximum absolute atomic E-state index is 9.09. The number of aliphatic hydroxyl groups excluding tert-OH is 1. The predicted molar refractivity (Wildman–Crippen MR) is 56.0 cm³/mol. The molecule has 0 spiro atoms. The van der Waals surface area contributed by atoms with Gasteiger partial charge in [-0.2, -0.15) is 0 Å². The van der Waals surface area contributed by atoms with E-state index >= 15 is 0 Å². The van der Waals surface area contributed by atoms with Gasteiger partial charge in [-0.25, -0.2) is 0 Å². The maximum Gasteiger partial charge on any atom is 0.0465 e. The van der Waals surface area contributed by atoms with Gasteiger partial charge in [0.15, 0.2) is 0 Å². The summed E-state index contributed by atoms with van der Waals surface area (Å²) in [6, 6.07) is 0.899. The third-order valence-electron chi connectivity index (χ3n) is 4.70. The minimum Gasteiger partial charge on any atom is -0.396 e. The van der Waals surface area contributed by atoms with Crippen molar-refractivity contribution < 1.29 is 5.11 Å². The second-order valence-corrected chi connectivity index (χ2v) is 5.42. The van der Waals surface area contributed by atoms with Gasteiger partial charge in [-0.3, -0.25) is 4.90 Å². The van der Waals surface area contributed by atoms with E-state index in [-0.39, 0.29) is 0 Å². The van der Waals surface area contributed by atoms with Crippen LogP contribution < -0.4 is 0 Å². The highest BCUT2D eigenvalue weighted by molar-refractivity contribution is 5.05. The molecule has 0 aromatic heterocycles. The van der Waals surface area contributed by atoms with Gasteiger partial charge >= 0.3 is 0 Å². The Bertz CT molecular complexity index is 200. The number of aliphatic hydroxyl groups is 1. The van der Waals surface area contributed by atoms with E-state index in [9.17, 15) is 0 Å². The standard InChI is InChI=1S/C12H21NO/c14-8-12-10-6-13(7-11(10)12)9-4-2-1-3-5-9/h9-12,14H,1-8H2. The summed E-state index contributed by atoms with van der Waals surface area (Å²) >= 11 is 0. The number of likely N-dealkylation sites (tertiary alicyclic amines) is 1. The molecule has 14 heavy (non-hydrogen) atoms. The molecule has 2 saturated carbocycles. The molecule has 2 heteroatoms. The molecule has 1 N–H and O–H groups in total. The van der Waals surface area contributed by atoms with E-state index in [0.29, 0.717) is 12.5 Å². The first-order valence-electron chi connectivity index (χ1n) is 6.25. The molecular weight excluding hydrogens is 174 g/mol. The van der Waals surface area contributed by atoms with E-state index < -0.39 is 0 Å². The fourth-order valence-electron chi connectivity index (χ4n) is 3.70. The Balaban J connectivity index is 1.53. The zero-order valence-corrected chi connectivity index (χ0v) is 8.86. The maximum atomic E-state index is 9.09. The van der Waals surface area contributed by atoms with E-state index in [4.69, 9.17) is 5.11 Å². The average Bonchev–Trinajstić information content (AvgIpc) is 2.72. The Morgan fingerprint density at radius 3 is 2.21 bits per heavy atom. The van der Waals surface area contributed by atoms with Crippen molar-refractivity contribution in [2.24, 2.45) is 17.8 Å². The Morgan fingerprint density at radius 2 is 1.64 bits per heavy atom. The molecule has 2 atom stereocenters. The van der Waals surface area contributed by atoms with Crippen molar-refractivity contribution >= 4 is 0 Å². The Hall–Kier alpha value is -0.0800. The topological polar surface area (TPSA) is 23.5 Å². The summed E-state index contributed by atoms with van der Waals surface area (Å²) in [5.74, 6) is 2.40. The molecule has 0 bridgehead atoms. The zero-order valence-electron chi connectivity index (χ0n) is 8.86. The van der Waals surface area contributed by atoms with Gasteiger partial charge in [0.2, 0.25) is 0 Å². The number of nitrogens with zero attached hydrogens (tertiary/aromatic N) is 1. The first kappa shape index (κ1) is 9.17. The Kier molecular flexibility index (Phi) is 2.29. The quantitative estimate of drug-likeness (QED) is 0.721. The summed E-state index contributed by atoms with van der Waals surface area (Å²) in [6.45, 7) is 3.02. The van der Waals surface area contributed by atoms with Crippen molar-refractivity contribution in [3.63, 3.8) is 0 Å². The van der Waals surface area contributed by atoms with E-state index in [1.165, 1.54) is 45.2 Å². The largest absolute Gasteiger partial charge is 0.396 e. The number of hydrogen-bond donors (Lipinski definition) is 1. The molecule has 3 aliphatic rings. The highest BCUT2D eigenvalue weighted by atomic mass is 16.3. The van der Waals surface area contributed by atoms with Crippen molar-refractivity contribution in [1.82, 2.24) is 4.90 Å². The normalized spacial score (nSPS) is 43.9. The summed E-state index contributed by atoms with van der Waals surface area (Å²) in [6.07, 6.45) is 7.21. The van der Waals surface area contributed by atoms with Gasteiger partial charge in [-0.05, 0) is 30.6 Å². The predicted octanol–water partition coefficient (Wildman–Crippen LogP) is 1.49. The van der Waals surface area contributed by atoms with Gasteiger partial charge in [0.1, 0.15) is 0 Å². The van der Waals surface area contributed by atoms with Crippen LogP contribution in [0.1, 0.15) is 32.1 Å². The van der Waals surface area contributed by atoms with Crippen LogP contribution in [0.4, 0.5) is 0 Å². The molecule has 0 amide bonds. The molecular formula is C12H21NO. The lowest BCUT2D eigenvalue weighted by Gasteiger charge is -2.32. The van der Waals surface area contributed by atoms with Crippen molar-refractivity contribution in [3.05, 3.63) is 0 Å². The Labute approximate surface area is 86.3 Å². The molecule has 0 radical (unpaired) electrons. The third-order valence-corrected chi connectivity index (χ3v) is 4.70. The van der Waals surface area contributed by atoms with Crippen LogP contribution in [0.2, 0.25) is 0 Å². The number of hydrogen-bond acceptors (Lipinski definition) is 2. The summed E-state index contributed by atoms with van der Waals surface area (Å²) < 4.78 is 0. The monoisotopic (exact) mass is 195 g/mol. The molecule has 1 heterocycles. The van der Waals surface area contributed by atoms with Gasteiger partial charge < -0.3 is 5.11 Å². The fourth-order valence-corrected chi connectivity index (χ4v) is 3.70. The van der Waals surface area contributed by atoms with Gasteiger partial charge in [0, 0.05) is 25.7 Å². The molecule has 0 aromatic rings. The van der Waals surface area contributed by atoms with Gasteiger partial charge in [0.05, 0.1) is 0 Å². The molecule has 2 unspecified atom stereocenters. The van der Waals surface area contributed by atoms with Crippen molar-refractivity contribution in [3.8, 4) is 0 Å². The van der Waals surface area contributed by atoms with E-state index in [0.717, 1.165) is 17.9 Å². The van der Waals surface area contributed by atoms with Crippen LogP contribution in [0.15, 0.2) is 0 Å². The zero-order chi connectivity index (χ0) is 9.54. The highest BCUT2D eigenvalue weighted by Crippen LogP contribution is 2.52. The number of fused-ring (bicyclic) bond motifs is 1. The summed E-state index contributed by atoms with van der Waals surface area (Å²) in [7, 11) is 0. The van der Waals surface area contributed by atoms with Crippen LogP contribution >= 0.6 is 0 Å². The van der Waals surface area contributed by atoms with Gasteiger partial charge in [0.25, 0.3) is 0 Å². The summed E-state index contributed by atoms with van der Waals surface area (Å²) in [4.78, 5) is 2.71. The first-order valence-corrected chi connectivity index (χ1v) is 6.25. The lowest BCUT2D eigenvalue weighted by atomic mass is 9.94. The molecule has 3 rings (SSSR count). The van der Waals surface area contributed by atoms with Crippen molar-refractivity contribution in [2.45, 2.75) is 38.1 Å².